The van der Waals surface area contributed by atoms with Crippen molar-refractivity contribution in [2.45, 2.75) is 32.3 Å². The highest BCUT2D eigenvalue weighted by Crippen LogP contribution is 2.25. The molecule has 1 aromatic carbocycles. The van der Waals surface area contributed by atoms with E-state index in [1.165, 1.54) is 5.56 Å². The number of aliphatic hydroxyl groups is 1. The number of aliphatic hydroxyl groups excluding tert-OH is 1. The molecule has 100 valence electrons. The van der Waals surface area contributed by atoms with Gasteiger partial charge >= 0.3 is 0 Å². The van der Waals surface area contributed by atoms with Crippen LogP contribution in [0.25, 0.3) is 0 Å². The summed E-state index contributed by atoms with van der Waals surface area (Å²) in [6, 6.07) is 8.11. The van der Waals surface area contributed by atoms with E-state index in [2.05, 4.69) is 24.0 Å². The molecule has 3 atom stereocenters. The fourth-order valence-electron chi connectivity index (χ4n) is 2.73. The Balaban J connectivity index is 1.90. The van der Waals surface area contributed by atoms with Crippen molar-refractivity contribution in [3.63, 3.8) is 0 Å². The molecule has 1 fully saturated rings. The first-order valence-corrected chi connectivity index (χ1v) is 7.10. The Kier molecular flexibility index (Phi) is 4.66. The summed E-state index contributed by atoms with van der Waals surface area (Å²) in [6.07, 6.45) is 0.927. The predicted octanol–water partition coefficient (Wildman–Crippen LogP) is 3.15. The summed E-state index contributed by atoms with van der Waals surface area (Å²) >= 11 is 6.02. The van der Waals surface area contributed by atoms with Gasteiger partial charge < -0.3 is 10.0 Å². The summed E-state index contributed by atoms with van der Waals surface area (Å²) in [5.41, 5.74) is 1.29. The molecule has 0 saturated carbocycles. The van der Waals surface area contributed by atoms with Crippen LogP contribution in [0, 0.1) is 5.92 Å². The van der Waals surface area contributed by atoms with Crippen molar-refractivity contribution < 1.29 is 5.11 Å². The molecular weight excluding hydrogens is 246 g/mol. The van der Waals surface area contributed by atoms with E-state index >= 15 is 0 Å². The first kappa shape index (κ1) is 13.9. The van der Waals surface area contributed by atoms with Gasteiger partial charge in [0, 0.05) is 18.1 Å². The third kappa shape index (κ3) is 3.47. The molecule has 0 aliphatic carbocycles. The fourth-order valence-corrected chi connectivity index (χ4v) is 2.93. The molecule has 18 heavy (non-hydrogen) atoms. The zero-order valence-electron chi connectivity index (χ0n) is 11.1. The summed E-state index contributed by atoms with van der Waals surface area (Å²) in [6.45, 7) is 7.29. The number of rotatable bonds is 4. The van der Waals surface area contributed by atoms with Gasteiger partial charge in [-0.15, -0.1) is 0 Å². The van der Waals surface area contributed by atoms with Crippen LogP contribution >= 0.6 is 11.6 Å². The SMILES string of the molecule is C[C@H](CN1CC[C@H]([C@@H](C)O)C1)c1cccc(Cl)c1. The minimum absolute atomic E-state index is 0.184. The van der Waals surface area contributed by atoms with Gasteiger partial charge in [0.15, 0.2) is 0 Å². The normalized spacial score (nSPS) is 24.1. The lowest BCUT2D eigenvalue weighted by molar-refractivity contribution is 0.127. The van der Waals surface area contributed by atoms with E-state index in [9.17, 15) is 5.11 Å². The Bertz CT molecular complexity index is 394. The summed E-state index contributed by atoms with van der Waals surface area (Å²) in [4.78, 5) is 2.45. The lowest BCUT2D eigenvalue weighted by atomic mass is 10.0. The van der Waals surface area contributed by atoms with Gasteiger partial charge in [0.25, 0.3) is 0 Å². The zero-order chi connectivity index (χ0) is 13.1. The van der Waals surface area contributed by atoms with Gasteiger partial charge in [0.2, 0.25) is 0 Å². The highest BCUT2D eigenvalue weighted by molar-refractivity contribution is 6.30. The topological polar surface area (TPSA) is 23.5 Å². The molecule has 0 unspecified atom stereocenters. The molecule has 1 N–H and O–H groups in total. The second-order valence-electron chi connectivity index (χ2n) is 5.50. The van der Waals surface area contributed by atoms with Crippen molar-refractivity contribution in [2.75, 3.05) is 19.6 Å². The highest BCUT2D eigenvalue weighted by atomic mass is 35.5. The van der Waals surface area contributed by atoms with Gasteiger partial charge in [-0.3, -0.25) is 0 Å². The number of likely N-dealkylation sites (tertiary alicyclic amines) is 1. The van der Waals surface area contributed by atoms with Gasteiger partial charge in [0.05, 0.1) is 6.10 Å². The molecule has 1 aromatic rings. The van der Waals surface area contributed by atoms with E-state index in [-0.39, 0.29) is 6.10 Å². The van der Waals surface area contributed by atoms with Gasteiger partial charge in [-0.2, -0.15) is 0 Å². The van der Waals surface area contributed by atoms with Crippen molar-refractivity contribution in [1.82, 2.24) is 4.90 Å². The number of nitrogens with zero attached hydrogens (tertiary/aromatic N) is 1. The largest absolute Gasteiger partial charge is 0.393 e. The van der Waals surface area contributed by atoms with Gasteiger partial charge in [0.1, 0.15) is 0 Å². The number of hydrogen-bond donors (Lipinski definition) is 1. The third-order valence-corrected chi connectivity index (χ3v) is 4.18. The number of benzene rings is 1. The van der Waals surface area contributed by atoms with E-state index in [0.29, 0.717) is 11.8 Å². The molecular formula is C15H22ClNO. The summed E-state index contributed by atoms with van der Waals surface area (Å²) in [7, 11) is 0. The van der Waals surface area contributed by atoms with Crippen molar-refractivity contribution in [2.24, 2.45) is 5.92 Å². The van der Waals surface area contributed by atoms with Gasteiger partial charge in [-0.05, 0) is 49.4 Å². The van der Waals surface area contributed by atoms with Crippen molar-refractivity contribution in [3.8, 4) is 0 Å². The molecule has 1 aliphatic rings. The zero-order valence-corrected chi connectivity index (χ0v) is 11.9. The molecule has 0 bridgehead atoms. The smallest absolute Gasteiger partial charge is 0.0552 e. The molecule has 1 aliphatic heterocycles. The highest BCUT2D eigenvalue weighted by Gasteiger charge is 2.26. The second-order valence-corrected chi connectivity index (χ2v) is 5.94. The van der Waals surface area contributed by atoms with Crippen LogP contribution in [0.2, 0.25) is 5.02 Å². The van der Waals surface area contributed by atoms with Crippen LogP contribution in [0.3, 0.4) is 0 Å². The minimum atomic E-state index is -0.184. The fraction of sp³-hybridized carbons (Fsp3) is 0.600. The first-order chi connectivity index (χ1) is 8.56. The Morgan fingerprint density at radius 1 is 1.44 bits per heavy atom. The monoisotopic (exact) mass is 267 g/mol. The molecule has 0 spiro atoms. The molecule has 0 aromatic heterocycles. The first-order valence-electron chi connectivity index (χ1n) is 6.72. The molecule has 2 nitrogen and oxygen atoms in total. The molecule has 1 saturated heterocycles. The van der Waals surface area contributed by atoms with Crippen LogP contribution in [-0.2, 0) is 0 Å². The summed E-state index contributed by atoms with van der Waals surface area (Å²) < 4.78 is 0. The maximum absolute atomic E-state index is 9.61. The average Bonchev–Trinajstić information content (AvgIpc) is 2.77. The predicted molar refractivity (Wildman–Crippen MR) is 76.1 cm³/mol. The van der Waals surface area contributed by atoms with E-state index in [4.69, 9.17) is 11.6 Å². The van der Waals surface area contributed by atoms with E-state index < -0.39 is 0 Å². The van der Waals surface area contributed by atoms with Crippen molar-refractivity contribution >= 4 is 11.6 Å². The Morgan fingerprint density at radius 3 is 2.83 bits per heavy atom. The molecule has 3 heteroatoms. The van der Waals surface area contributed by atoms with Crippen LogP contribution in [0.5, 0.6) is 0 Å². The molecule has 1 heterocycles. The van der Waals surface area contributed by atoms with Crippen LogP contribution in [0.1, 0.15) is 31.7 Å². The van der Waals surface area contributed by atoms with Gasteiger partial charge in [-0.1, -0.05) is 30.7 Å². The Hall–Kier alpha value is -0.570. The lowest BCUT2D eigenvalue weighted by Crippen LogP contribution is -2.27. The number of hydrogen-bond acceptors (Lipinski definition) is 2. The minimum Gasteiger partial charge on any atom is -0.393 e. The van der Waals surface area contributed by atoms with Crippen LogP contribution in [0.15, 0.2) is 24.3 Å². The maximum Gasteiger partial charge on any atom is 0.0552 e. The third-order valence-electron chi connectivity index (χ3n) is 3.94. The second kappa shape index (κ2) is 6.05. The quantitative estimate of drug-likeness (QED) is 0.906. The van der Waals surface area contributed by atoms with Crippen molar-refractivity contribution in [3.05, 3.63) is 34.9 Å². The Morgan fingerprint density at radius 2 is 2.22 bits per heavy atom. The van der Waals surface area contributed by atoms with Crippen LogP contribution < -0.4 is 0 Å². The average molecular weight is 268 g/mol. The summed E-state index contributed by atoms with van der Waals surface area (Å²) in [5.74, 6) is 0.924. The van der Waals surface area contributed by atoms with E-state index in [1.807, 2.05) is 19.1 Å². The van der Waals surface area contributed by atoms with Gasteiger partial charge in [-0.25, -0.2) is 0 Å². The van der Waals surface area contributed by atoms with Crippen LogP contribution in [0.4, 0.5) is 0 Å². The van der Waals surface area contributed by atoms with E-state index in [1.54, 1.807) is 0 Å². The van der Waals surface area contributed by atoms with Crippen LogP contribution in [-0.4, -0.2) is 35.7 Å². The Labute approximate surface area is 115 Å². The van der Waals surface area contributed by atoms with E-state index in [0.717, 1.165) is 31.1 Å². The molecule has 0 radical (unpaired) electrons. The standard InChI is InChI=1S/C15H22ClNO/c1-11(13-4-3-5-15(16)8-13)9-17-7-6-14(10-17)12(2)18/h3-5,8,11-12,14,18H,6-7,9-10H2,1-2H3/t11-,12-,14+/m1/s1. The molecule has 2 rings (SSSR count). The maximum atomic E-state index is 9.61. The lowest BCUT2D eigenvalue weighted by Gasteiger charge is -2.22. The molecule has 0 amide bonds. The summed E-state index contributed by atoms with van der Waals surface area (Å²) in [5, 5.41) is 10.4. The number of halogens is 1. The van der Waals surface area contributed by atoms with Crippen molar-refractivity contribution in [1.29, 1.82) is 0 Å².